The molecule has 0 bridgehead atoms. The van der Waals surface area contributed by atoms with Crippen molar-refractivity contribution >= 4 is 33.6 Å². The average Bonchev–Trinajstić information content (AvgIpc) is 0.898. The van der Waals surface area contributed by atoms with Crippen molar-refractivity contribution in [3.05, 3.63) is 194 Å². The minimum absolute atomic E-state index is 0.0255. The lowest BCUT2D eigenvalue weighted by molar-refractivity contribution is -0.161. The van der Waals surface area contributed by atoms with Gasteiger partial charge in [-0.1, -0.05) is 382 Å². The maximum atomic E-state index is 13.0. The number of phosphoric ester groups is 2. The zero-order valence-corrected chi connectivity index (χ0v) is 75.1. The van der Waals surface area contributed by atoms with Crippen LogP contribution in [0.2, 0.25) is 0 Å². The molecule has 0 aromatic heterocycles. The van der Waals surface area contributed by atoms with Crippen LogP contribution in [-0.2, 0) is 55.8 Å². The van der Waals surface area contributed by atoms with Crippen LogP contribution in [0, 0.1) is 0 Å². The second kappa shape index (κ2) is 89.6. The molecule has 0 saturated heterocycles. The molecule has 4 N–H and O–H groups in total. The Balaban J connectivity index is 4.59. The number of aliphatic hydroxyl groups excluding tert-OH is 2. The third kappa shape index (κ3) is 91.0. The molecule has 5 unspecified atom stereocenters. The van der Waals surface area contributed by atoms with E-state index in [0.717, 1.165) is 148 Å². The Kier molecular flexibility index (Phi) is 85.3. The molecule has 0 rings (SSSR count). The molecule has 0 saturated carbocycles. The number of rotatable bonds is 85. The largest absolute Gasteiger partial charge is 0.472 e. The van der Waals surface area contributed by atoms with Crippen molar-refractivity contribution in [2.45, 2.75) is 373 Å². The summed E-state index contributed by atoms with van der Waals surface area (Å²) in [5.74, 6) is -1.67. The van der Waals surface area contributed by atoms with Crippen LogP contribution in [0.5, 0.6) is 0 Å². The Morgan fingerprint density at radius 3 is 0.709 bits per heavy atom. The van der Waals surface area contributed by atoms with E-state index in [1.807, 2.05) is 18.2 Å². The van der Waals surface area contributed by atoms with Gasteiger partial charge in [0.05, 0.1) is 26.4 Å². The Morgan fingerprint density at radius 1 is 0.239 bits per heavy atom. The van der Waals surface area contributed by atoms with Crippen molar-refractivity contribution in [3.8, 4) is 0 Å². The maximum absolute atomic E-state index is 13.0. The first kappa shape index (κ1) is 111. The molecule has 0 aromatic rings. The van der Waals surface area contributed by atoms with Crippen molar-refractivity contribution in [3.63, 3.8) is 0 Å². The van der Waals surface area contributed by atoms with Gasteiger partial charge in [0, 0.05) is 19.3 Å². The van der Waals surface area contributed by atoms with E-state index in [4.69, 9.17) is 32.3 Å². The molecule has 5 atom stereocenters. The molecule has 0 fully saturated rings. The number of aliphatic hydroxyl groups is 2. The number of esters is 3. The summed E-state index contributed by atoms with van der Waals surface area (Å²) in [4.78, 5) is 58.9. The fraction of sp³-hybridized carbons (Fsp3) is 0.646. The highest BCUT2D eigenvalue weighted by atomic mass is 31.2. The summed E-state index contributed by atoms with van der Waals surface area (Å²) in [6.45, 7) is 2.28. The topological polar surface area (TPSA) is 231 Å². The van der Waals surface area contributed by atoms with E-state index in [9.17, 15) is 43.5 Å². The Bertz CT molecular complexity index is 2910. The third-order valence-electron chi connectivity index (χ3n) is 18.8. The van der Waals surface area contributed by atoms with Crippen molar-refractivity contribution in [2.24, 2.45) is 0 Å². The van der Waals surface area contributed by atoms with Gasteiger partial charge < -0.3 is 34.2 Å². The molecular weight excluding hydrogens is 1510 g/mol. The molecule has 0 aromatic carbocycles. The summed E-state index contributed by atoms with van der Waals surface area (Å²) in [6.07, 6.45) is 119. The zero-order chi connectivity index (χ0) is 85.1. The normalized spacial score (nSPS) is 14.7. The lowest BCUT2D eigenvalue weighted by Gasteiger charge is -2.21. The summed E-state index contributed by atoms with van der Waals surface area (Å²) in [5.41, 5.74) is 0. The number of carbonyl (C=O) groups is 3. The minimum atomic E-state index is -4.96. The van der Waals surface area contributed by atoms with E-state index >= 15 is 0 Å². The van der Waals surface area contributed by atoms with Gasteiger partial charge in [-0.25, -0.2) is 9.13 Å². The summed E-state index contributed by atoms with van der Waals surface area (Å²) >= 11 is 0. The predicted molar refractivity (Wildman–Crippen MR) is 491 cm³/mol. The fourth-order valence-electron chi connectivity index (χ4n) is 12.0. The molecule has 18 heteroatoms. The SMILES string of the molecule is CC/C=C\C/C=C\C/C=C\C/C=C\C/C=C\C/C=C\CCC(=O)OC(COC(=O)CCCCCCCCCCCCCCCCC/C=C\C/C=C\C/C=C\C/C=C\C/C=C\CC)COP(=O)(O)OCC(O)COP(=O)(O)OCC(O)COC(=O)CCCCCCCCCCCCCCCCC/C=C\C/C=C\C/C=C\C/C=C\C/C=C\CC. The highest BCUT2D eigenvalue weighted by molar-refractivity contribution is 7.47. The van der Waals surface area contributed by atoms with Crippen molar-refractivity contribution in [1.82, 2.24) is 0 Å². The first-order chi connectivity index (χ1) is 57.2. The van der Waals surface area contributed by atoms with Crippen LogP contribution >= 0.6 is 15.6 Å². The first-order valence-corrected chi connectivity index (χ1v) is 48.7. The summed E-state index contributed by atoms with van der Waals surface area (Å²) in [7, 11) is -9.84. The fourth-order valence-corrected chi connectivity index (χ4v) is 13.6. The highest BCUT2D eigenvalue weighted by Gasteiger charge is 2.29. The van der Waals surface area contributed by atoms with Gasteiger partial charge in [0.25, 0.3) is 0 Å². The van der Waals surface area contributed by atoms with Gasteiger partial charge in [0.1, 0.15) is 25.4 Å². The number of hydrogen-bond acceptors (Lipinski definition) is 14. The molecule has 0 spiro atoms. The van der Waals surface area contributed by atoms with Crippen molar-refractivity contribution in [2.75, 3.05) is 39.6 Å². The molecule has 0 heterocycles. The minimum Gasteiger partial charge on any atom is -0.463 e. The van der Waals surface area contributed by atoms with Gasteiger partial charge in [0.15, 0.2) is 6.10 Å². The quantitative estimate of drug-likeness (QED) is 0.0146. The van der Waals surface area contributed by atoms with Crippen molar-refractivity contribution < 1.29 is 75.8 Å². The molecule has 0 aliphatic rings. The van der Waals surface area contributed by atoms with Gasteiger partial charge in [-0.15, -0.1) is 0 Å². The second-order valence-corrected chi connectivity index (χ2v) is 32.9. The highest BCUT2D eigenvalue weighted by Crippen LogP contribution is 2.45. The first-order valence-electron chi connectivity index (χ1n) is 45.7. The van der Waals surface area contributed by atoms with E-state index in [1.54, 1.807) is 0 Å². The monoisotopic (exact) mass is 1670 g/mol. The molecule has 0 radical (unpaired) electrons. The van der Waals surface area contributed by atoms with Crippen molar-refractivity contribution in [1.29, 1.82) is 0 Å². The van der Waals surface area contributed by atoms with Crippen LogP contribution in [0.4, 0.5) is 0 Å². The van der Waals surface area contributed by atoms with Gasteiger partial charge >= 0.3 is 33.6 Å². The van der Waals surface area contributed by atoms with Gasteiger partial charge in [-0.05, 0) is 148 Å². The van der Waals surface area contributed by atoms with Crippen LogP contribution in [0.3, 0.4) is 0 Å². The lowest BCUT2D eigenvalue weighted by atomic mass is 10.0. The summed E-state index contributed by atoms with van der Waals surface area (Å²) < 4.78 is 61.3. The van der Waals surface area contributed by atoms with Gasteiger partial charge in [0.2, 0.25) is 0 Å². The summed E-state index contributed by atoms with van der Waals surface area (Å²) in [5, 5.41) is 20.7. The van der Waals surface area contributed by atoms with Gasteiger partial charge in [-0.3, -0.25) is 32.5 Å². The molecule has 117 heavy (non-hydrogen) atoms. The zero-order valence-electron chi connectivity index (χ0n) is 73.3. The summed E-state index contributed by atoms with van der Waals surface area (Å²) in [6, 6.07) is 0. The van der Waals surface area contributed by atoms with E-state index in [1.165, 1.54) is 141 Å². The van der Waals surface area contributed by atoms with E-state index < -0.39 is 91.5 Å². The van der Waals surface area contributed by atoms with Crippen LogP contribution in [-0.4, -0.2) is 95.9 Å². The number of unbranched alkanes of at least 4 members (excludes halogenated alkanes) is 30. The number of allylic oxidation sites excluding steroid dienone is 32. The molecule has 0 aliphatic heterocycles. The van der Waals surface area contributed by atoms with Crippen LogP contribution in [0.15, 0.2) is 194 Å². The Morgan fingerprint density at radius 2 is 0.444 bits per heavy atom. The van der Waals surface area contributed by atoms with E-state index in [2.05, 4.69) is 197 Å². The number of ether oxygens (including phenoxy) is 3. The Hall–Kier alpha value is -5.61. The van der Waals surface area contributed by atoms with Crippen LogP contribution in [0.1, 0.15) is 355 Å². The Labute approximate surface area is 712 Å². The predicted octanol–water partition coefficient (Wildman–Crippen LogP) is 28.2. The smallest absolute Gasteiger partial charge is 0.463 e. The maximum Gasteiger partial charge on any atom is 0.472 e. The molecule has 16 nitrogen and oxygen atoms in total. The van der Waals surface area contributed by atoms with E-state index in [0.29, 0.717) is 25.7 Å². The van der Waals surface area contributed by atoms with E-state index in [-0.39, 0.29) is 19.3 Å². The third-order valence-corrected chi connectivity index (χ3v) is 20.7. The molecule has 666 valence electrons. The lowest BCUT2D eigenvalue weighted by Crippen LogP contribution is -2.29. The number of carbonyl (C=O) groups excluding carboxylic acids is 3. The molecule has 0 aliphatic carbocycles. The van der Waals surface area contributed by atoms with Crippen LogP contribution in [0.25, 0.3) is 0 Å². The van der Waals surface area contributed by atoms with Gasteiger partial charge in [-0.2, -0.15) is 0 Å². The second-order valence-electron chi connectivity index (χ2n) is 30.0. The molecular formula is C99H164O16P2. The average molecular weight is 1670 g/mol. The standard InChI is InChI=1S/C99H164O16P2/c1-4-7-10-13-16-19-22-25-28-31-34-36-38-40-42-44-46-48-50-52-54-56-59-61-64-67-70-73-76-79-82-85-97(102)109-88-94(100)89-111-116(105,106)112-90-95(101)91-113-117(107,108)114-93-96(115-99(104)87-84-81-78-75-72-69-66-63-58-33-30-27-24-21-18-15-12-9-6-3)92-110-98(103)86-83-80-77-74-71-68-65-62-60-57-55-53-51-49-47-45-43-41-39-37-35-32-29-26-23-20-17-14-11-8-5-2/h7-12,16-21,25-30,34-37,40-43,58,63,69,72,78,81,94-96,100-101H,4-6,13-15,22-24,31-33,38-39,44-57,59-62,64-68,70-71,73-77,79-80,82-93H2,1-3H3,(H,105,106)(H,107,108)/b10-7-,11-8-,12-9-,19-16-,20-17-,21-18-,28-25-,29-26-,30-27-,36-34-,37-35-,42-40-,43-41-,63-58-,72-69-,81-78-. The number of phosphoric acid groups is 2. The van der Waals surface area contributed by atoms with Crippen LogP contribution < -0.4 is 0 Å². The number of hydrogen-bond donors (Lipinski definition) is 4. The molecule has 0 amide bonds.